The summed E-state index contributed by atoms with van der Waals surface area (Å²) < 4.78 is 13.4. The fourth-order valence-electron chi connectivity index (χ4n) is 1.19. The molecule has 1 aromatic rings. The Labute approximate surface area is 94.9 Å². The number of ketones is 1. The fraction of sp³-hybridized carbons (Fsp3) is 0.500. The molecule has 2 N–H and O–H groups in total. The summed E-state index contributed by atoms with van der Waals surface area (Å²) in [6.45, 7) is 6.94. The first-order valence-corrected chi connectivity index (χ1v) is 5.11. The molecule has 0 fully saturated rings. The second-order valence-corrected chi connectivity index (χ2v) is 5.03. The zero-order chi connectivity index (χ0) is 12.6. The zero-order valence-electron chi connectivity index (χ0n) is 10.0. The van der Waals surface area contributed by atoms with Crippen molar-refractivity contribution in [3.8, 4) is 0 Å². The molecule has 0 aliphatic heterocycles. The molecule has 0 saturated carbocycles. The standard InChI is InChI=1S/C12H17FN2O/c1-11(2,12(3,4)14)10(16)8-5-6-15-7-9(8)13/h5-7H,14H2,1-4H3. The molecule has 0 amide bonds. The van der Waals surface area contributed by atoms with E-state index in [1.807, 2.05) is 0 Å². The average Bonchev–Trinajstić information content (AvgIpc) is 2.15. The zero-order valence-corrected chi connectivity index (χ0v) is 10.0. The number of halogens is 1. The van der Waals surface area contributed by atoms with Gasteiger partial charge in [0.25, 0.3) is 0 Å². The van der Waals surface area contributed by atoms with Crippen molar-refractivity contribution >= 4 is 5.78 Å². The fourth-order valence-corrected chi connectivity index (χ4v) is 1.19. The van der Waals surface area contributed by atoms with Crippen LogP contribution in [0.1, 0.15) is 38.1 Å². The first kappa shape index (κ1) is 12.8. The Bertz CT molecular complexity index is 408. The van der Waals surface area contributed by atoms with Crippen molar-refractivity contribution in [2.75, 3.05) is 0 Å². The Morgan fingerprint density at radius 3 is 2.38 bits per heavy atom. The Morgan fingerprint density at radius 2 is 1.94 bits per heavy atom. The molecule has 88 valence electrons. The van der Waals surface area contributed by atoms with E-state index in [-0.39, 0.29) is 11.3 Å². The molecule has 0 unspecified atom stereocenters. The number of rotatable bonds is 3. The molecule has 16 heavy (non-hydrogen) atoms. The summed E-state index contributed by atoms with van der Waals surface area (Å²) in [6, 6.07) is 1.38. The van der Waals surface area contributed by atoms with Gasteiger partial charge in [-0.05, 0) is 19.9 Å². The minimum absolute atomic E-state index is 0.0403. The average molecular weight is 224 g/mol. The van der Waals surface area contributed by atoms with E-state index in [2.05, 4.69) is 4.98 Å². The summed E-state index contributed by atoms with van der Waals surface area (Å²) in [5, 5.41) is 0. The predicted molar refractivity (Wildman–Crippen MR) is 60.6 cm³/mol. The molecule has 4 heteroatoms. The van der Waals surface area contributed by atoms with Crippen molar-refractivity contribution < 1.29 is 9.18 Å². The number of nitrogens with zero attached hydrogens (tertiary/aromatic N) is 1. The van der Waals surface area contributed by atoms with Gasteiger partial charge in [-0.15, -0.1) is 0 Å². The predicted octanol–water partition coefficient (Wildman–Crippen LogP) is 2.17. The van der Waals surface area contributed by atoms with Crippen LogP contribution in [0.15, 0.2) is 18.5 Å². The molecule has 0 bridgehead atoms. The van der Waals surface area contributed by atoms with E-state index in [1.165, 1.54) is 12.3 Å². The van der Waals surface area contributed by atoms with Crippen molar-refractivity contribution in [2.24, 2.45) is 11.1 Å². The van der Waals surface area contributed by atoms with E-state index in [4.69, 9.17) is 5.73 Å². The maximum absolute atomic E-state index is 13.4. The molecule has 3 nitrogen and oxygen atoms in total. The van der Waals surface area contributed by atoms with Gasteiger partial charge in [0, 0.05) is 17.2 Å². The number of nitrogens with two attached hydrogens (primary N) is 1. The van der Waals surface area contributed by atoms with Crippen LogP contribution in [0.3, 0.4) is 0 Å². The molecular weight excluding hydrogens is 207 g/mol. The van der Waals surface area contributed by atoms with E-state index in [1.54, 1.807) is 27.7 Å². The summed E-state index contributed by atoms with van der Waals surface area (Å²) in [5.74, 6) is -0.912. The van der Waals surface area contributed by atoms with Crippen LogP contribution in [-0.2, 0) is 0 Å². The second-order valence-electron chi connectivity index (χ2n) is 5.03. The van der Waals surface area contributed by atoms with Crippen LogP contribution in [0.4, 0.5) is 4.39 Å². The minimum atomic E-state index is -0.838. The van der Waals surface area contributed by atoms with Crippen molar-refractivity contribution in [1.82, 2.24) is 4.98 Å². The number of hydrogen-bond donors (Lipinski definition) is 1. The third-order valence-corrected chi connectivity index (χ3v) is 3.20. The third-order valence-electron chi connectivity index (χ3n) is 3.20. The number of carbonyl (C=O) groups is 1. The monoisotopic (exact) mass is 224 g/mol. The van der Waals surface area contributed by atoms with Gasteiger partial charge >= 0.3 is 0 Å². The summed E-state index contributed by atoms with van der Waals surface area (Å²) in [7, 11) is 0. The molecule has 1 heterocycles. The number of Topliss-reactive ketones (excluding diaryl/α,β-unsaturated/α-hetero) is 1. The van der Waals surface area contributed by atoms with Gasteiger partial charge in [-0.1, -0.05) is 13.8 Å². The van der Waals surface area contributed by atoms with Crippen LogP contribution in [0.25, 0.3) is 0 Å². The summed E-state index contributed by atoms with van der Waals surface area (Å²) in [6.07, 6.45) is 2.43. The maximum atomic E-state index is 13.4. The maximum Gasteiger partial charge on any atom is 0.173 e. The van der Waals surface area contributed by atoms with Gasteiger partial charge in [0.05, 0.1) is 11.8 Å². The lowest BCUT2D eigenvalue weighted by molar-refractivity contribution is 0.0730. The number of hydrogen-bond acceptors (Lipinski definition) is 3. The highest BCUT2D eigenvalue weighted by atomic mass is 19.1. The summed E-state index contributed by atoms with van der Waals surface area (Å²) in [5.41, 5.74) is 4.42. The second kappa shape index (κ2) is 3.94. The van der Waals surface area contributed by atoms with Gasteiger partial charge in [-0.25, -0.2) is 4.39 Å². The van der Waals surface area contributed by atoms with Crippen LogP contribution < -0.4 is 5.73 Å². The lowest BCUT2D eigenvalue weighted by atomic mass is 9.70. The van der Waals surface area contributed by atoms with Crippen LogP contribution in [0.2, 0.25) is 0 Å². The largest absolute Gasteiger partial charge is 0.325 e. The smallest absolute Gasteiger partial charge is 0.173 e. The van der Waals surface area contributed by atoms with E-state index in [9.17, 15) is 9.18 Å². The number of aromatic nitrogens is 1. The molecule has 0 radical (unpaired) electrons. The Morgan fingerprint density at radius 1 is 1.38 bits per heavy atom. The van der Waals surface area contributed by atoms with Crippen molar-refractivity contribution in [2.45, 2.75) is 33.2 Å². The molecular formula is C12H17FN2O. The number of carbonyl (C=O) groups excluding carboxylic acids is 1. The molecule has 1 aromatic heterocycles. The quantitative estimate of drug-likeness (QED) is 0.800. The molecule has 0 spiro atoms. The van der Waals surface area contributed by atoms with E-state index in [0.29, 0.717) is 0 Å². The van der Waals surface area contributed by atoms with Crippen molar-refractivity contribution in [3.05, 3.63) is 29.8 Å². The molecule has 0 saturated heterocycles. The van der Waals surface area contributed by atoms with Crippen LogP contribution in [-0.4, -0.2) is 16.3 Å². The highest BCUT2D eigenvalue weighted by Crippen LogP contribution is 2.32. The van der Waals surface area contributed by atoms with E-state index < -0.39 is 16.8 Å². The molecule has 0 aliphatic rings. The van der Waals surface area contributed by atoms with Crippen LogP contribution in [0, 0.1) is 11.2 Å². The van der Waals surface area contributed by atoms with E-state index in [0.717, 1.165) is 6.20 Å². The Hall–Kier alpha value is -1.29. The highest BCUT2D eigenvalue weighted by molar-refractivity contribution is 6.01. The lowest BCUT2D eigenvalue weighted by Crippen LogP contribution is -2.52. The summed E-state index contributed by atoms with van der Waals surface area (Å²) >= 11 is 0. The van der Waals surface area contributed by atoms with Crippen LogP contribution in [0.5, 0.6) is 0 Å². The van der Waals surface area contributed by atoms with Crippen LogP contribution >= 0.6 is 0 Å². The molecule has 1 rings (SSSR count). The van der Waals surface area contributed by atoms with Crippen molar-refractivity contribution in [3.63, 3.8) is 0 Å². The molecule has 0 aromatic carbocycles. The van der Waals surface area contributed by atoms with E-state index >= 15 is 0 Å². The summed E-state index contributed by atoms with van der Waals surface area (Å²) in [4.78, 5) is 15.8. The lowest BCUT2D eigenvalue weighted by Gasteiger charge is -2.37. The van der Waals surface area contributed by atoms with Crippen molar-refractivity contribution in [1.29, 1.82) is 0 Å². The van der Waals surface area contributed by atoms with Gasteiger partial charge in [-0.2, -0.15) is 0 Å². The number of pyridine rings is 1. The van der Waals surface area contributed by atoms with Gasteiger partial charge in [0.1, 0.15) is 0 Å². The SMILES string of the molecule is CC(C)(N)C(C)(C)C(=O)c1ccncc1F. The third kappa shape index (κ3) is 2.11. The first-order valence-electron chi connectivity index (χ1n) is 5.11. The Kier molecular flexibility index (Phi) is 3.15. The molecule has 0 aliphatic carbocycles. The van der Waals surface area contributed by atoms with Gasteiger partial charge in [0.15, 0.2) is 11.6 Å². The molecule has 0 atom stereocenters. The minimum Gasteiger partial charge on any atom is -0.325 e. The van der Waals surface area contributed by atoms with Gasteiger partial charge < -0.3 is 5.73 Å². The first-order chi connectivity index (χ1) is 7.18. The Balaban J connectivity index is 3.18. The van der Waals surface area contributed by atoms with Gasteiger partial charge in [-0.3, -0.25) is 9.78 Å². The van der Waals surface area contributed by atoms with Gasteiger partial charge in [0.2, 0.25) is 0 Å². The highest BCUT2D eigenvalue weighted by Gasteiger charge is 2.41. The normalized spacial score (nSPS) is 12.6. The topological polar surface area (TPSA) is 56.0 Å².